The van der Waals surface area contributed by atoms with Gasteiger partial charge in [0, 0.05) is 36.6 Å². The molecule has 2 aromatic rings. The number of aliphatic hydroxyl groups is 1. The molecule has 1 unspecified atom stereocenters. The molecule has 0 bridgehead atoms. The molecule has 0 radical (unpaired) electrons. The summed E-state index contributed by atoms with van der Waals surface area (Å²) in [6.07, 6.45) is 2.08. The Morgan fingerprint density at radius 1 is 1.10 bits per heavy atom. The van der Waals surface area contributed by atoms with Crippen LogP contribution in [-0.4, -0.2) is 58.8 Å². The van der Waals surface area contributed by atoms with Gasteiger partial charge in [-0.3, -0.25) is 4.79 Å². The van der Waals surface area contributed by atoms with E-state index in [9.17, 15) is 14.3 Å². The van der Waals surface area contributed by atoms with Crippen LogP contribution in [0.4, 0.5) is 4.39 Å². The molecule has 164 valence electrons. The lowest BCUT2D eigenvalue weighted by molar-refractivity contribution is -0.0431. The molecule has 3 aliphatic rings. The maximum Gasteiger partial charge on any atom is 0.253 e. The first-order valence-electron chi connectivity index (χ1n) is 10.7. The van der Waals surface area contributed by atoms with Crippen molar-refractivity contribution in [3.05, 3.63) is 65.5 Å². The van der Waals surface area contributed by atoms with Gasteiger partial charge in [-0.25, -0.2) is 4.39 Å². The van der Waals surface area contributed by atoms with Crippen LogP contribution in [0, 0.1) is 5.82 Å². The lowest BCUT2D eigenvalue weighted by Gasteiger charge is -2.39. The highest BCUT2D eigenvalue weighted by atomic mass is 32.2. The normalized spacial score (nSPS) is 25.4. The van der Waals surface area contributed by atoms with Crippen molar-refractivity contribution in [2.45, 2.75) is 36.6 Å². The Kier molecular flexibility index (Phi) is 5.44. The van der Waals surface area contributed by atoms with Gasteiger partial charge in [-0.2, -0.15) is 11.8 Å². The van der Waals surface area contributed by atoms with Crippen molar-refractivity contribution >= 4 is 17.7 Å². The van der Waals surface area contributed by atoms with E-state index in [1.54, 1.807) is 12.1 Å². The summed E-state index contributed by atoms with van der Waals surface area (Å²) in [7, 11) is 0. The van der Waals surface area contributed by atoms with Gasteiger partial charge in [0.2, 0.25) is 0 Å². The smallest absolute Gasteiger partial charge is 0.253 e. The molecule has 0 saturated carbocycles. The van der Waals surface area contributed by atoms with E-state index in [-0.39, 0.29) is 24.4 Å². The Hall–Kier alpha value is -2.09. The number of carbonyl (C=O) groups is 1. The van der Waals surface area contributed by atoms with Crippen molar-refractivity contribution < 1.29 is 23.8 Å². The Labute approximate surface area is 185 Å². The molecular formula is C24H26FNO4S. The van der Waals surface area contributed by atoms with E-state index in [0.29, 0.717) is 43.5 Å². The van der Waals surface area contributed by atoms with Gasteiger partial charge in [-0.15, -0.1) is 0 Å². The van der Waals surface area contributed by atoms with Crippen molar-refractivity contribution in [2.75, 3.05) is 31.2 Å². The number of hydrogen-bond donors (Lipinski definition) is 1. The number of rotatable bonds is 4. The van der Waals surface area contributed by atoms with Gasteiger partial charge >= 0.3 is 0 Å². The predicted octanol–water partition coefficient (Wildman–Crippen LogP) is 3.60. The molecular weight excluding hydrogens is 417 g/mol. The Bertz CT molecular complexity index is 939. The second-order valence-electron chi connectivity index (χ2n) is 8.78. The van der Waals surface area contributed by atoms with E-state index >= 15 is 0 Å². The Balaban J connectivity index is 1.19. The molecule has 7 heteroatoms. The van der Waals surface area contributed by atoms with E-state index in [4.69, 9.17) is 9.47 Å². The number of nitrogens with zero attached hydrogens (tertiary/aromatic N) is 1. The first kappa shape index (κ1) is 20.8. The summed E-state index contributed by atoms with van der Waals surface area (Å²) in [5.41, 5.74) is -0.235. The molecule has 3 fully saturated rings. The first-order chi connectivity index (χ1) is 14.9. The summed E-state index contributed by atoms with van der Waals surface area (Å²) in [5, 5.41) is 11.1. The standard InChI is InChI=1S/C24H26FNO4S/c25-19-5-3-18(4-6-19)24(28)15-23(29-16-24)9-11-26(12-10-23)22(27)17-1-7-20(8-2-17)30-21-13-31-14-21/h1-8,21,28H,9-16H2. The van der Waals surface area contributed by atoms with Crippen LogP contribution in [0.25, 0.3) is 0 Å². The molecule has 3 heterocycles. The van der Waals surface area contributed by atoms with Gasteiger partial charge in [-0.1, -0.05) is 12.1 Å². The number of carbonyl (C=O) groups excluding carboxylic acids is 1. The summed E-state index contributed by atoms with van der Waals surface area (Å²) < 4.78 is 25.2. The minimum atomic E-state index is -1.12. The van der Waals surface area contributed by atoms with Gasteiger partial charge in [0.1, 0.15) is 23.3 Å². The van der Waals surface area contributed by atoms with E-state index in [1.165, 1.54) is 12.1 Å². The predicted molar refractivity (Wildman–Crippen MR) is 117 cm³/mol. The number of ether oxygens (including phenoxy) is 2. The lowest BCUT2D eigenvalue weighted by atomic mass is 9.80. The Morgan fingerprint density at radius 3 is 2.39 bits per heavy atom. The summed E-state index contributed by atoms with van der Waals surface area (Å²) in [6.45, 7) is 1.35. The van der Waals surface area contributed by atoms with E-state index in [1.807, 2.05) is 40.9 Å². The van der Waals surface area contributed by atoms with Gasteiger partial charge in [0.15, 0.2) is 0 Å². The van der Waals surface area contributed by atoms with Crippen molar-refractivity contribution in [1.82, 2.24) is 4.90 Å². The second kappa shape index (κ2) is 8.11. The molecule has 2 aromatic carbocycles. The van der Waals surface area contributed by atoms with E-state index in [0.717, 1.165) is 17.3 Å². The molecule has 1 amide bonds. The number of piperidine rings is 1. The van der Waals surface area contributed by atoms with Crippen LogP contribution in [0.2, 0.25) is 0 Å². The van der Waals surface area contributed by atoms with Crippen molar-refractivity contribution in [1.29, 1.82) is 0 Å². The molecule has 0 aliphatic carbocycles. The minimum absolute atomic E-state index is 0.00685. The van der Waals surface area contributed by atoms with Crippen LogP contribution < -0.4 is 4.74 Å². The third-order valence-electron chi connectivity index (χ3n) is 6.59. The third kappa shape index (κ3) is 4.19. The minimum Gasteiger partial charge on any atom is -0.489 e. The number of amides is 1. The highest BCUT2D eigenvalue weighted by molar-refractivity contribution is 8.00. The molecule has 1 N–H and O–H groups in total. The lowest BCUT2D eigenvalue weighted by Crippen LogP contribution is -2.47. The Morgan fingerprint density at radius 2 is 1.77 bits per heavy atom. The molecule has 3 saturated heterocycles. The van der Waals surface area contributed by atoms with E-state index in [2.05, 4.69) is 0 Å². The highest BCUT2D eigenvalue weighted by Crippen LogP contribution is 2.45. The largest absolute Gasteiger partial charge is 0.489 e. The highest BCUT2D eigenvalue weighted by Gasteiger charge is 2.50. The van der Waals surface area contributed by atoms with Crippen LogP contribution in [-0.2, 0) is 10.3 Å². The molecule has 3 aliphatic heterocycles. The first-order valence-corrected chi connectivity index (χ1v) is 11.9. The van der Waals surface area contributed by atoms with Gasteiger partial charge < -0.3 is 19.5 Å². The zero-order valence-corrected chi connectivity index (χ0v) is 18.1. The van der Waals surface area contributed by atoms with Gasteiger partial charge in [0.25, 0.3) is 5.91 Å². The second-order valence-corrected chi connectivity index (χ2v) is 9.86. The third-order valence-corrected chi connectivity index (χ3v) is 7.80. The molecule has 1 atom stereocenters. The average Bonchev–Trinajstić information content (AvgIpc) is 3.09. The van der Waals surface area contributed by atoms with Crippen LogP contribution in [0.15, 0.2) is 48.5 Å². The summed E-state index contributed by atoms with van der Waals surface area (Å²) in [4.78, 5) is 14.8. The maximum absolute atomic E-state index is 13.2. The van der Waals surface area contributed by atoms with Crippen LogP contribution in [0.1, 0.15) is 35.2 Å². The number of benzene rings is 2. The fraction of sp³-hybridized carbons (Fsp3) is 0.458. The fourth-order valence-electron chi connectivity index (χ4n) is 4.62. The number of halogens is 1. The van der Waals surface area contributed by atoms with Crippen molar-refractivity contribution in [2.24, 2.45) is 0 Å². The number of likely N-dealkylation sites (tertiary alicyclic amines) is 1. The zero-order valence-electron chi connectivity index (χ0n) is 17.3. The van der Waals surface area contributed by atoms with E-state index < -0.39 is 11.2 Å². The summed E-state index contributed by atoms with van der Waals surface area (Å²) in [6, 6.07) is 13.3. The summed E-state index contributed by atoms with van der Waals surface area (Å²) in [5.74, 6) is 2.53. The molecule has 1 spiro atoms. The molecule has 5 nitrogen and oxygen atoms in total. The monoisotopic (exact) mass is 443 g/mol. The van der Waals surface area contributed by atoms with Crippen LogP contribution in [0.3, 0.4) is 0 Å². The molecule has 5 rings (SSSR count). The topological polar surface area (TPSA) is 59.0 Å². The molecule has 31 heavy (non-hydrogen) atoms. The number of hydrogen-bond acceptors (Lipinski definition) is 5. The number of thioether (sulfide) groups is 1. The van der Waals surface area contributed by atoms with Gasteiger partial charge in [-0.05, 0) is 54.8 Å². The SMILES string of the molecule is O=C(c1ccc(OC2CSC2)cc1)N1CCC2(CC1)CC(O)(c1ccc(F)cc1)CO2. The average molecular weight is 444 g/mol. The maximum atomic E-state index is 13.2. The van der Waals surface area contributed by atoms with Gasteiger partial charge in [0.05, 0.1) is 12.2 Å². The van der Waals surface area contributed by atoms with Crippen LogP contribution in [0.5, 0.6) is 5.75 Å². The van der Waals surface area contributed by atoms with Crippen LogP contribution >= 0.6 is 11.8 Å². The van der Waals surface area contributed by atoms with Crippen molar-refractivity contribution in [3.8, 4) is 5.75 Å². The van der Waals surface area contributed by atoms with Crippen molar-refractivity contribution in [3.63, 3.8) is 0 Å². The summed E-state index contributed by atoms with van der Waals surface area (Å²) >= 11 is 1.87. The zero-order chi connectivity index (χ0) is 21.5. The quantitative estimate of drug-likeness (QED) is 0.783. The molecule has 0 aromatic heterocycles. The fourth-order valence-corrected chi connectivity index (χ4v) is 5.19.